The maximum atomic E-state index is 12.8. The molecule has 1 amide bonds. The third kappa shape index (κ3) is 4.93. The molecule has 0 aliphatic carbocycles. The number of benzene rings is 2. The van der Waals surface area contributed by atoms with Crippen molar-refractivity contribution in [2.24, 2.45) is 5.92 Å². The standard InChI is InChI=1S/C24H28N4OS/c1-18-8-10-22(11-9-18)28-19(2)25-26-24(28)30-17-23(29)27-14-12-21(13-15-27)16-20-6-4-3-5-7-20/h3-11,21H,12-17H2,1-2H3. The second-order valence-corrected chi connectivity index (χ2v) is 8.95. The summed E-state index contributed by atoms with van der Waals surface area (Å²) >= 11 is 1.47. The number of thioether (sulfide) groups is 1. The third-order valence-electron chi connectivity index (χ3n) is 5.75. The second kappa shape index (κ2) is 9.47. The Bertz CT molecular complexity index is 976. The summed E-state index contributed by atoms with van der Waals surface area (Å²) in [4.78, 5) is 14.8. The number of likely N-dealkylation sites (tertiary alicyclic amines) is 1. The third-order valence-corrected chi connectivity index (χ3v) is 6.66. The lowest BCUT2D eigenvalue weighted by Crippen LogP contribution is -2.39. The van der Waals surface area contributed by atoms with Crippen LogP contribution in [0.5, 0.6) is 0 Å². The van der Waals surface area contributed by atoms with Crippen LogP contribution in [0.15, 0.2) is 59.8 Å². The summed E-state index contributed by atoms with van der Waals surface area (Å²) in [6.45, 7) is 5.71. The van der Waals surface area contributed by atoms with Gasteiger partial charge >= 0.3 is 0 Å². The summed E-state index contributed by atoms with van der Waals surface area (Å²) in [6, 6.07) is 18.9. The molecular weight excluding hydrogens is 392 g/mol. The molecule has 0 atom stereocenters. The Kier molecular flexibility index (Phi) is 6.53. The van der Waals surface area contributed by atoms with Crippen molar-refractivity contribution < 1.29 is 4.79 Å². The highest BCUT2D eigenvalue weighted by molar-refractivity contribution is 7.99. The van der Waals surface area contributed by atoms with Crippen molar-refractivity contribution in [1.29, 1.82) is 0 Å². The Morgan fingerprint density at radius 2 is 1.70 bits per heavy atom. The molecule has 3 aromatic rings. The Balaban J connectivity index is 1.31. The monoisotopic (exact) mass is 420 g/mol. The van der Waals surface area contributed by atoms with Crippen LogP contribution in [-0.2, 0) is 11.2 Å². The van der Waals surface area contributed by atoms with Gasteiger partial charge in [0, 0.05) is 18.8 Å². The first-order chi connectivity index (χ1) is 14.6. The van der Waals surface area contributed by atoms with E-state index in [0.717, 1.165) is 49.0 Å². The molecule has 0 unspecified atom stereocenters. The van der Waals surface area contributed by atoms with Gasteiger partial charge in [-0.1, -0.05) is 59.8 Å². The number of piperidine rings is 1. The maximum absolute atomic E-state index is 12.8. The number of hydrogen-bond donors (Lipinski definition) is 0. The Labute approximate surface area is 182 Å². The van der Waals surface area contributed by atoms with Gasteiger partial charge in [0.05, 0.1) is 5.75 Å². The average molecular weight is 421 g/mol. The van der Waals surface area contributed by atoms with Crippen molar-refractivity contribution in [2.45, 2.75) is 38.3 Å². The Morgan fingerprint density at radius 3 is 2.40 bits per heavy atom. The number of amides is 1. The van der Waals surface area contributed by atoms with Gasteiger partial charge in [-0.15, -0.1) is 10.2 Å². The average Bonchev–Trinajstić information content (AvgIpc) is 3.14. The first-order valence-corrected chi connectivity index (χ1v) is 11.5. The molecule has 0 N–H and O–H groups in total. The van der Waals surface area contributed by atoms with Gasteiger partial charge in [-0.25, -0.2) is 0 Å². The first kappa shape index (κ1) is 20.7. The summed E-state index contributed by atoms with van der Waals surface area (Å²) in [5.41, 5.74) is 3.63. The number of aryl methyl sites for hydroxylation is 2. The fourth-order valence-electron chi connectivity index (χ4n) is 3.98. The molecule has 1 saturated heterocycles. The van der Waals surface area contributed by atoms with Crippen LogP contribution in [0.25, 0.3) is 5.69 Å². The number of carbonyl (C=O) groups excluding carboxylic acids is 1. The number of aromatic nitrogens is 3. The lowest BCUT2D eigenvalue weighted by Gasteiger charge is -2.32. The molecule has 1 aliphatic rings. The van der Waals surface area contributed by atoms with Gasteiger partial charge in [0.25, 0.3) is 0 Å². The Morgan fingerprint density at radius 1 is 1.00 bits per heavy atom. The van der Waals surface area contributed by atoms with Crippen LogP contribution < -0.4 is 0 Å². The summed E-state index contributed by atoms with van der Waals surface area (Å²) in [6.07, 6.45) is 3.25. The van der Waals surface area contributed by atoms with Crippen molar-refractivity contribution in [3.63, 3.8) is 0 Å². The fraction of sp³-hybridized carbons (Fsp3) is 0.375. The van der Waals surface area contributed by atoms with E-state index in [4.69, 9.17) is 0 Å². The molecule has 1 fully saturated rings. The summed E-state index contributed by atoms with van der Waals surface area (Å²) in [7, 11) is 0. The van der Waals surface area contributed by atoms with E-state index in [1.54, 1.807) is 0 Å². The van der Waals surface area contributed by atoms with Gasteiger partial charge in [0.2, 0.25) is 5.91 Å². The molecule has 0 radical (unpaired) electrons. The number of nitrogens with zero attached hydrogens (tertiary/aromatic N) is 4. The SMILES string of the molecule is Cc1ccc(-n2c(C)nnc2SCC(=O)N2CCC(Cc3ccccc3)CC2)cc1. The van der Waals surface area contributed by atoms with Gasteiger partial charge in [-0.05, 0) is 56.7 Å². The molecule has 4 rings (SSSR count). The zero-order chi connectivity index (χ0) is 20.9. The molecule has 30 heavy (non-hydrogen) atoms. The molecule has 2 aromatic carbocycles. The zero-order valence-electron chi connectivity index (χ0n) is 17.6. The lowest BCUT2D eigenvalue weighted by atomic mass is 9.90. The fourth-order valence-corrected chi connectivity index (χ4v) is 4.88. The lowest BCUT2D eigenvalue weighted by molar-refractivity contribution is -0.129. The highest BCUT2D eigenvalue weighted by Gasteiger charge is 2.23. The van der Waals surface area contributed by atoms with Crippen molar-refractivity contribution in [2.75, 3.05) is 18.8 Å². The quantitative estimate of drug-likeness (QED) is 0.553. The minimum Gasteiger partial charge on any atom is -0.342 e. The van der Waals surface area contributed by atoms with E-state index >= 15 is 0 Å². The smallest absolute Gasteiger partial charge is 0.233 e. The van der Waals surface area contributed by atoms with Crippen LogP contribution in [0.4, 0.5) is 0 Å². The largest absolute Gasteiger partial charge is 0.342 e. The van der Waals surface area contributed by atoms with Crippen LogP contribution in [0.3, 0.4) is 0 Å². The van der Waals surface area contributed by atoms with E-state index in [1.165, 1.54) is 22.9 Å². The van der Waals surface area contributed by atoms with E-state index < -0.39 is 0 Å². The zero-order valence-corrected chi connectivity index (χ0v) is 18.4. The van der Waals surface area contributed by atoms with Crippen LogP contribution in [0, 0.1) is 19.8 Å². The van der Waals surface area contributed by atoms with Crippen molar-refractivity contribution in [3.8, 4) is 5.69 Å². The van der Waals surface area contributed by atoms with Crippen molar-refractivity contribution in [3.05, 3.63) is 71.5 Å². The maximum Gasteiger partial charge on any atom is 0.233 e. The van der Waals surface area contributed by atoms with E-state index in [-0.39, 0.29) is 5.91 Å². The van der Waals surface area contributed by atoms with E-state index in [0.29, 0.717) is 11.7 Å². The topological polar surface area (TPSA) is 51.0 Å². The first-order valence-electron chi connectivity index (χ1n) is 10.5. The van der Waals surface area contributed by atoms with Crippen LogP contribution in [0.2, 0.25) is 0 Å². The van der Waals surface area contributed by atoms with Crippen LogP contribution >= 0.6 is 11.8 Å². The van der Waals surface area contributed by atoms with Crippen LogP contribution in [0.1, 0.15) is 29.8 Å². The van der Waals surface area contributed by atoms with Gasteiger partial charge in [-0.3, -0.25) is 9.36 Å². The molecule has 5 nitrogen and oxygen atoms in total. The number of hydrogen-bond acceptors (Lipinski definition) is 4. The van der Waals surface area contributed by atoms with Gasteiger partial charge in [0.15, 0.2) is 5.16 Å². The minimum atomic E-state index is 0.189. The summed E-state index contributed by atoms with van der Waals surface area (Å²) in [5, 5.41) is 9.29. The highest BCUT2D eigenvalue weighted by atomic mass is 32.2. The number of rotatable bonds is 6. The predicted octanol–water partition coefficient (Wildman–Crippen LogP) is 4.46. The molecule has 0 saturated carbocycles. The van der Waals surface area contributed by atoms with E-state index in [9.17, 15) is 4.79 Å². The van der Waals surface area contributed by atoms with Crippen LogP contribution in [-0.4, -0.2) is 44.4 Å². The minimum absolute atomic E-state index is 0.189. The number of carbonyl (C=O) groups is 1. The predicted molar refractivity (Wildman–Crippen MR) is 121 cm³/mol. The van der Waals surface area contributed by atoms with Crippen molar-refractivity contribution in [1.82, 2.24) is 19.7 Å². The molecule has 1 aromatic heterocycles. The molecule has 156 valence electrons. The van der Waals surface area contributed by atoms with E-state index in [2.05, 4.69) is 71.7 Å². The van der Waals surface area contributed by atoms with E-state index in [1.807, 2.05) is 16.4 Å². The second-order valence-electron chi connectivity index (χ2n) is 8.00. The normalized spacial score (nSPS) is 14.8. The molecule has 1 aliphatic heterocycles. The van der Waals surface area contributed by atoms with Gasteiger partial charge < -0.3 is 4.90 Å². The summed E-state index contributed by atoms with van der Waals surface area (Å²) in [5.74, 6) is 2.08. The molecule has 0 bridgehead atoms. The molecular formula is C24H28N4OS. The molecule has 6 heteroatoms. The highest BCUT2D eigenvalue weighted by Crippen LogP contribution is 2.25. The molecule has 2 heterocycles. The summed E-state index contributed by atoms with van der Waals surface area (Å²) < 4.78 is 2.02. The van der Waals surface area contributed by atoms with Gasteiger partial charge in [-0.2, -0.15) is 0 Å². The van der Waals surface area contributed by atoms with Crippen molar-refractivity contribution >= 4 is 17.7 Å². The van der Waals surface area contributed by atoms with Gasteiger partial charge in [0.1, 0.15) is 5.82 Å². The Hall–Kier alpha value is -2.60. The molecule has 0 spiro atoms.